The van der Waals surface area contributed by atoms with E-state index in [4.69, 9.17) is 21.2 Å². The van der Waals surface area contributed by atoms with Crippen LogP contribution in [0.15, 0.2) is 18.2 Å². The molecule has 0 spiro atoms. The number of benzene rings is 1. The highest BCUT2D eigenvalue weighted by Crippen LogP contribution is 2.28. The van der Waals surface area contributed by atoms with Crippen molar-refractivity contribution in [1.29, 1.82) is 0 Å². The van der Waals surface area contributed by atoms with Crippen molar-refractivity contribution in [2.75, 3.05) is 45.2 Å². The normalized spacial score (nSPS) is 19.9. The second-order valence-electron chi connectivity index (χ2n) is 7.65. The molecule has 1 atom stereocenters. The summed E-state index contributed by atoms with van der Waals surface area (Å²) in [6.07, 6.45) is 4.72. The lowest BCUT2D eigenvalue weighted by Crippen LogP contribution is -2.41. The molecule has 8 heteroatoms. The lowest BCUT2D eigenvalue weighted by molar-refractivity contribution is -0.140. The molecule has 1 unspecified atom stereocenters. The van der Waals surface area contributed by atoms with E-state index >= 15 is 0 Å². The van der Waals surface area contributed by atoms with E-state index in [0.29, 0.717) is 41.8 Å². The van der Waals surface area contributed by atoms with Crippen LogP contribution in [0.4, 0.5) is 5.69 Å². The highest BCUT2D eigenvalue weighted by atomic mass is 35.5. The van der Waals surface area contributed by atoms with E-state index in [2.05, 4.69) is 5.32 Å². The van der Waals surface area contributed by atoms with E-state index < -0.39 is 0 Å². The molecule has 2 aliphatic heterocycles. The van der Waals surface area contributed by atoms with Crippen LogP contribution in [0.25, 0.3) is 0 Å². The van der Waals surface area contributed by atoms with Gasteiger partial charge in [0.1, 0.15) is 5.75 Å². The van der Waals surface area contributed by atoms with Crippen molar-refractivity contribution in [2.24, 2.45) is 5.92 Å². The summed E-state index contributed by atoms with van der Waals surface area (Å²) in [5.74, 6) is 1.04. The maximum Gasteiger partial charge on any atom is 0.224 e. The zero-order chi connectivity index (χ0) is 20.6. The fourth-order valence-corrected chi connectivity index (χ4v) is 4.08. The first kappa shape index (κ1) is 21.9. The third-order valence-electron chi connectivity index (χ3n) is 5.49. The van der Waals surface area contributed by atoms with Gasteiger partial charge in [0.2, 0.25) is 11.8 Å². The Morgan fingerprint density at radius 3 is 2.90 bits per heavy atom. The zero-order valence-electron chi connectivity index (χ0n) is 17.0. The van der Waals surface area contributed by atoms with Gasteiger partial charge in [-0.05, 0) is 49.8 Å². The number of rotatable bonds is 8. The Bertz CT molecular complexity index is 709. The van der Waals surface area contributed by atoms with E-state index in [1.807, 2.05) is 9.96 Å². The standard InChI is InChI=1S/C21H30ClN3O4/c1-28-19-7-6-17(22)14-18(19)23-20(26)8-5-16-4-2-10-24(15-16)21(27)9-12-25-11-3-13-29-25/h6-7,14,16H,2-5,8-13,15H2,1H3,(H,23,26). The number of carbonyl (C=O) groups excluding carboxylic acids is 2. The molecule has 1 N–H and O–H groups in total. The molecule has 1 aromatic carbocycles. The Balaban J connectivity index is 1.42. The number of methoxy groups -OCH3 is 1. The maximum absolute atomic E-state index is 12.5. The zero-order valence-corrected chi connectivity index (χ0v) is 17.7. The molecule has 0 saturated carbocycles. The van der Waals surface area contributed by atoms with Crippen molar-refractivity contribution in [3.63, 3.8) is 0 Å². The molecule has 2 amide bonds. The number of halogens is 1. The Kier molecular flexibility index (Phi) is 8.15. The number of hydroxylamine groups is 2. The second-order valence-corrected chi connectivity index (χ2v) is 8.08. The van der Waals surface area contributed by atoms with Gasteiger partial charge >= 0.3 is 0 Å². The van der Waals surface area contributed by atoms with Crippen molar-refractivity contribution < 1.29 is 19.2 Å². The van der Waals surface area contributed by atoms with Gasteiger partial charge in [-0.3, -0.25) is 14.4 Å². The van der Waals surface area contributed by atoms with E-state index in [1.54, 1.807) is 25.3 Å². The summed E-state index contributed by atoms with van der Waals surface area (Å²) >= 11 is 6.01. The maximum atomic E-state index is 12.5. The average molecular weight is 424 g/mol. The van der Waals surface area contributed by atoms with E-state index in [-0.39, 0.29) is 11.8 Å². The van der Waals surface area contributed by atoms with E-state index in [9.17, 15) is 9.59 Å². The molecular formula is C21H30ClN3O4. The number of hydrogen-bond donors (Lipinski definition) is 1. The Hall–Kier alpha value is -1.83. The molecule has 0 aliphatic carbocycles. The summed E-state index contributed by atoms with van der Waals surface area (Å²) in [5, 5.41) is 5.31. The first-order valence-corrected chi connectivity index (χ1v) is 10.7. The minimum Gasteiger partial charge on any atom is -0.495 e. The lowest BCUT2D eigenvalue weighted by atomic mass is 9.93. The van der Waals surface area contributed by atoms with Crippen LogP contribution in [0.1, 0.15) is 38.5 Å². The van der Waals surface area contributed by atoms with Crippen molar-refractivity contribution in [3.05, 3.63) is 23.2 Å². The summed E-state index contributed by atoms with van der Waals surface area (Å²) in [6.45, 7) is 3.85. The molecule has 2 fully saturated rings. The smallest absolute Gasteiger partial charge is 0.224 e. The average Bonchev–Trinajstić information content (AvgIpc) is 3.24. The van der Waals surface area contributed by atoms with Crippen LogP contribution < -0.4 is 10.1 Å². The van der Waals surface area contributed by atoms with Crippen LogP contribution in [0.2, 0.25) is 5.02 Å². The van der Waals surface area contributed by atoms with Crippen molar-refractivity contribution in [1.82, 2.24) is 9.96 Å². The number of hydrogen-bond acceptors (Lipinski definition) is 5. The summed E-state index contributed by atoms with van der Waals surface area (Å²) in [6, 6.07) is 5.14. The number of nitrogens with zero attached hydrogens (tertiary/aromatic N) is 2. The molecule has 0 bridgehead atoms. The number of piperidine rings is 1. The number of amides is 2. The molecule has 0 aromatic heterocycles. The van der Waals surface area contributed by atoms with Crippen LogP contribution in [-0.2, 0) is 14.4 Å². The predicted molar refractivity (Wildman–Crippen MR) is 112 cm³/mol. The molecule has 1 aromatic rings. The van der Waals surface area contributed by atoms with Gasteiger partial charge in [0, 0.05) is 44.0 Å². The van der Waals surface area contributed by atoms with Gasteiger partial charge in [-0.25, -0.2) is 0 Å². The Morgan fingerprint density at radius 1 is 1.28 bits per heavy atom. The SMILES string of the molecule is COc1ccc(Cl)cc1NC(=O)CCC1CCCN(C(=O)CCN2CCCO2)C1. The van der Waals surface area contributed by atoms with Gasteiger partial charge in [-0.1, -0.05) is 11.6 Å². The van der Waals surface area contributed by atoms with Crippen LogP contribution in [0.3, 0.4) is 0 Å². The van der Waals surface area contributed by atoms with Gasteiger partial charge in [0.05, 0.1) is 19.4 Å². The van der Waals surface area contributed by atoms with Gasteiger partial charge in [0.15, 0.2) is 0 Å². The number of nitrogens with one attached hydrogen (secondary N) is 1. The number of anilines is 1. The van der Waals surface area contributed by atoms with Crippen molar-refractivity contribution >= 4 is 29.1 Å². The molecule has 2 aliphatic rings. The third-order valence-corrected chi connectivity index (χ3v) is 5.72. The largest absolute Gasteiger partial charge is 0.495 e. The highest BCUT2D eigenvalue weighted by Gasteiger charge is 2.25. The van der Waals surface area contributed by atoms with E-state index in [1.165, 1.54) is 0 Å². The molecule has 160 valence electrons. The molecule has 0 radical (unpaired) electrons. The number of likely N-dealkylation sites (tertiary alicyclic amines) is 1. The fraction of sp³-hybridized carbons (Fsp3) is 0.619. The molecule has 29 heavy (non-hydrogen) atoms. The van der Waals surface area contributed by atoms with Crippen LogP contribution in [0, 0.1) is 5.92 Å². The first-order chi connectivity index (χ1) is 14.0. The topological polar surface area (TPSA) is 71.1 Å². The molecular weight excluding hydrogens is 394 g/mol. The Labute approximate surface area is 177 Å². The molecule has 3 rings (SSSR count). The minimum atomic E-state index is -0.0693. The summed E-state index contributed by atoms with van der Waals surface area (Å²) < 4.78 is 5.27. The quantitative estimate of drug-likeness (QED) is 0.694. The van der Waals surface area contributed by atoms with Crippen molar-refractivity contribution in [3.8, 4) is 5.75 Å². The molecule has 2 saturated heterocycles. The first-order valence-electron chi connectivity index (χ1n) is 10.3. The minimum absolute atomic E-state index is 0.0693. The number of ether oxygens (including phenoxy) is 1. The predicted octanol–water partition coefficient (Wildman–Crippen LogP) is 3.33. The Morgan fingerprint density at radius 2 is 2.14 bits per heavy atom. The van der Waals surface area contributed by atoms with Crippen LogP contribution in [0.5, 0.6) is 5.75 Å². The fourth-order valence-electron chi connectivity index (χ4n) is 3.91. The monoisotopic (exact) mass is 423 g/mol. The summed E-state index contributed by atoms with van der Waals surface area (Å²) in [4.78, 5) is 32.3. The van der Waals surface area contributed by atoms with Crippen LogP contribution in [-0.4, -0.2) is 61.7 Å². The van der Waals surface area contributed by atoms with Crippen LogP contribution >= 0.6 is 11.6 Å². The molecule has 2 heterocycles. The second kappa shape index (κ2) is 10.8. The lowest BCUT2D eigenvalue weighted by Gasteiger charge is -2.33. The summed E-state index contributed by atoms with van der Waals surface area (Å²) in [5.41, 5.74) is 0.578. The van der Waals surface area contributed by atoms with Gasteiger partial charge in [0.25, 0.3) is 0 Å². The van der Waals surface area contributed by atoms with E-state index in [0.717, 1.165) is 51.9 Å². The van der Waals surface area contributed by atoms with Gasteiger partial charge in [-0.15, -0.1) is 0 Å². The van der Waals surface area contributed by atoms with Crippen molar-refractivity contribution in [2.45, 2.75) is 38.5 Å². The van der Waals surface area contributed by atoms with Gasteiger partial charge < -0.3 is 15.0 Å². The molecule has 7 nitrogen and oxygen atoms in total. The summed E-state index contributed by atoms with van der Waals surface area (Å²) in [7, 11) is 1.56. The highest BCUT2D eigenvalue weighted by molar-refractivity contribution is 6.31. The number of carbonyl (C=O) groups is 2. The van der Waals surface area contributed by atoms with Gasteiger partial charge in [-0.2, -0.15) is 5.06 Å². The third kappa shape index (κ3) is 6.59.